The Kier molecular flexibility index (Phi) is 5.23. The van der Waals surface area contributed by atoms with Gasteiger partial charge in [0.05, 0.1) is 50.0 Å². The van der Waals surface area contributed by atoms with Gasteiger partial charge in [0.25, 0.3) is 0 Å². The smallest absolute Gasteiger partial charge is 0.239 e. The molecule has 3 aromatic heterocycles. The molecule has 0 aliphatic carbocycles. The summed E-state index contributed by atoms with van der Waals surface area (Å²) >= 11 is 0. The lowest BCUT2D eigenvalue weighted by Gasteiger charge is -2.65. The highest BCUT2D eigenvalue weighted by Crippen LogP contribution is 2.38. The quantitative estimate of drug-likeness (QED) is 0.378. The number of likely N-dealkylation sites (tertiary alicyclic amines) is 2. The second-order valence-corrected chi connectivity index (χ2v) is 10.9. The average Bonchev–Trinajstić information content (AvgIpc) is 3.45. The third-order valence-electron chi connectivity index (χ3n) is 8.83. The lowest BCUT2D eigenvalue weighted by Crippen LogP contribution is -2.81. The van der Waals surface area contributed by atoms with E-state index < -0.39 is 0 Å². The molecule has 0 amide bonds. The Morgan fingerprint density at radius 3 is 2.50 bits per heavy atom. The lowest BCUT2D eigenvalue weighted by molar-refractivity contribution is -0.194. The summed E-state index contributed by atoms with van der Waals surface area (Å²) in [7, 11) is 2.09. The number of anilines is 1. The average molecular weight is 516 g/mol. The van der Waals surface area contributed by atoms with Crippen LogP contribution >= 0.6 is 0 Å². The Hall–Kier alpha value is -3.12. The first-order valence-corrected chi connectivity index (χ1v) is 13.8. The summed E-state index contributed by atoms with van der Waals surface area (Å²) in [5.41, 5.74) is 3.72. The molecule has 11 heteroatoms. The number of fused-ring (bicyclic) bond motifs is 3. The molecule has 1 aromatic carbocycles. The second kappa shape index (κ2) is 8.70. The number of aryl methyl sites for hydroxylation is 2. The number of benzene rings is 1. The van der Waals surface area contributed by atoms with Crippen LogP contribution in [0.1, 0.15) is 18.6 Å². The normalized spacial score (nSPS) is 24.4. The molecule has 7 heterocycles. The summed E-state index contributed by atoms with van der Waals surface area (Å²) in [6.45, 7) is 9.94. The lowest BCUT2D eigenvalue weighted by atomic mass is 9.83. The summed E-state index contributed by atoms with van der Waals surface area (Å²) < 4.78 is 15.3. The molecule has 0 N–H and O–H groups in total. The number of morpholine rings is 1. The van der Waals surface area contributed by atoms with Crippen LogP contribution in [0.3, 0.4) is 0 Å². The van der Waals surface area contributed by atoms with Crippen LogP contribution < -0.4 is 4.90 Å². The highest BCUT2D eigenvalue weighted by Gasteiger charge is 2.54. The molecule has 38 heavy (non-hydrogen) atoms. The molecule has 4 aliphatic rings. The van der Waals surface area contributed by atoms with Crippen molar-refractivity contribution in [3.63, 3.8) is 0 Å². The van der Waals surface area contributed by atoms with Gasteiger partial charge in [-0.15, -0.1) is 0 Å². The van der Waals surface area contributed by atoms with Crippen LogP contribution in [0.15, 0.2) is 24.3 Å². The van der Waals surface area contributed by atoms with Crippen LogP contribution in [0, 0.1) is 0 Å². The number of ether oxygens (including phenoxy) is 2. The third-order valence-corrected chi connectivity index (χ3v) is 8.83. The molecule has 0 bridgehead atoms. The fourth-order valence-corrected chi connectivity index (χ4v) is 6.43. The van der Waals surface area contributed by atoms with Crippen molar-refractivity contribution in [3.05, 3.63) is 35.9 Å². The first-order chi connectivity index (χ1) is 18.7. The Morgan fingerprint density at radius 1 is 0.921 bits per heavy atom. The number of nitrogens with zero attached hydrogens (tertiary/aromatic N) is 9. The fraction of sp³-hybridized carbons (Fsp3) is 0.556. The summed E-state index contributed by atoms with van der Waals surface area (Å²) in [5.74, 6) is 3.53. The zero-order chi connectivity index (χ0) is 25.4. The summed E-state index contributed by atoms with van der Waals surface area (Å²) in [6, 6.07) is 10.1. The van der Waals surface area contributed by atoms with Gasteiger partial charge in [0, 0.05) is 51.7 Å². The van der Waals surface area contributed by atoms with Crippen LogP contribution in [0.25, 0.3) is 28.1 Å². The largest absolute Gasteiger partial charge is 0.378 e. The van der Waals surface area contributed by atoms with Gasteiger partial charge >= 0.3 is 0 Å². The van der Waals surface area contributed by atoms with E-state index in [4.69, 9.17) is 29.4 Å². The highest BCUT2D eigenvalue weighted by atomic mass is 16.5. The van der Waals surface area contributed by atoms with Gasteiger partial charge in [-0.05, 0) is 12.1 Å². The Morgan fingerprint density at radius 2 is 1.76 bits per heavy atom. The Labute approximate surface area is 221 Å². The van der Waals surface area contributed by atoms with Crippen molar-refractivity contribution in [2.24, 2.45) is 7.05 Å². The first kappa shape index (κ1) is 22.8. The Bertz CT molecular complexity index is 1520. The number of hydrogen-bond acceptors (Lipinski definition) is 9. The van der Waals surface area contributed by atoms with Gasteiger partial charge in [0.2, 0.25) is 5.95 Å². The van der Waals surface area contributed by atoms with Crippen molar-refractivity contribution in [1.82, 2.24) is 38.9 Å². The molecule has 4 aliphatic heterocycles. The van der Waals surface area contributed by atoms with E-state index in [1.165, 1.54) is 0 Å². The maximum atomic E-state index is 5.66. The molecule has 8 rings (SSSR count). The maximum absolute atomic E-state index is 5.66. The van der Waals surface area contributed by atoms with Crippen LogP contribution in [0.4, 0.5) is 5.82 Å². The molecule has 2 atom stereocenters. The van der Waals surface area contributed by atoms with E-state index in [1.807, 2.05) is 12.1 Å². The Balaban J connectivity index is 1.18. The van der Waals surface area contributed by atoms with E-state index in [-0.39, 0.29) is 0 Å². The third kappa shape index (κ3) is 3.35. The van der Waals surface area contributed by atoms with Crippen LogP contribution in [0.2, 0.25) is 0 Å². The van der Waals surface area contributed by atoms with Gasteiger partial charge in [-0.1, -0.05) is 19.1 Å². The van der Waals surface area contributed by atoms with E-state index in [0.717, 1.165) is 92.0 Å². The summed E-state index contributed by atoms with van der Waals surface area (Å²) in [5, 5.41) is 0. The summed E-state index contributed by atoms with van der Waals surface area (Å²) in [6.07, 6.45) is 0.793. The standard InChI is InChI=1S/C27H33N9O2/c1-3-22-28-18-6-4-5-7-19(18)36(22)27-30-25-24(26(31-27)33-8-10-37-11-9-33)29-23(32(25)2)14-34-12-21-20(34)13-35(21)17-15-38-16-17/h4-7,17,20-21H,3,8-16H2,1-2H3. The minimum atomic E-state index is 0.625. The van der Waals surface area contributed by atoms with Gasteiger partial charge in [0.1, 0.15) is 11.6 Å². The molecule has 0 spiro atoms. The minimum Gasteiger partial charge on any atom is -0.378 e. The second-order valence-electron chi connectivity index (χ2n) is 10.9. The van der Waals surface area contributed by atoms with Gasteiger partial charge in [-0.2, -0.15) is 9.97 Å². The SMILES string of the molecule is CCc1nc2ccccc2n1-c1nc(N2CCOCC2)c2nc(CN3CC4C3CN4C3COC3)n(C)c2n1. The van der Waals surface area contributed by atoms with E-state index in [9.17, 15) is 0 Å². The number of imidazole rings is 2. The molecule has 11 nitrogen and oxygen atoms in total. The predicted molar refractivity (Wildman–Crippen MR) is 143 cm³/mol. The van der Waals surface area contributed by atoms with Gasteiger partial charge in [-0.3, -0.25) is 14.4 Å². The van der Waals surface area contributed by atoms with Crippen molar-refractivity contribution in [2.75, 3.05) is 57.5 Å². The van der Waals surface area contributed by atoms with Crippen LogP contribution in [-0.4, -0.2) is 110 Å². The molecular formula is C27H33N9O2. The number of piperazine rings is 1. The molecule has 4 saturated heterocycles. The molecule has 4 aromatic rings. The van der Waals surface area contributed by atoms with Gasteiger partial charge in [0.15, 0.2) is 17.0 Å². The van der Waals surface area contributed by atoms with Gasteiger partial charge in [-0.25, -0.2) is 9.97 Å². The topological polar surface area (TPSA) is 89.6 Å². The van der Waals surface area contributed by atoms with Crippen molar-refractivity contribution >= 4 is 28.0 Å². The number of aromatic nitrogens is 6. The van der Waals surface area contributed by atoms with Crippen LogP contribution in [-0.2, 0) is 29.5 Å². The zero-order valence-electron chi connectivity index (χ0n) is 22.0. The van der Waals surface area contributed by atoms with E-state index in [2.05, 4.69) is 49.9 Å². The number of hydrogen-bond donors (Lipinski definition) is 0. The zero-order valence-corrected chi connectivity index (χ0v) is 22.0. The van der Waals surface area contributed by atoms with Crippen LogP contribution in [0.5, 0.6) is 0 Å². The molecule has 2 unspecified atom stereocenters. The minimum absolute atomic E-state index is 0.625. The predicted octanol–water partition coefficient (Wildman–Crippen LogP) is 1.37. The highest BCUT2D eigenvalue weighted by molar-refractivity contribution is 5.86. The van der Waals surface area contributed by atoms with E-state index >= 15 is 0 Å². The first-order valence-electron chi connectivity index (χ1n) is 13.8. The van der Waals surface area contributed by atoms with Crippen molar-refractivity contribution in [1.29, 1.82) is 0 Å². The van der Waals surface area contributed by atoms with E-state index in [1.54, 1.807) is 0 Å². The van der Waals surface area contributed by atoms with Crippen molar-refractivity contribution < 1.29 is 9.47 Å². The monoisotopic (exact) mass is 515 g/mol. The fourth-order valence-electron chi connectivity index (χ4n) is 6.43. The van der Waals surface area contributed by atoms with E-state index in [0.29, 0.717) is 37.3 Å². The molecular weight excluding hydrogens is 482 g/mol. The number of rotatable bonds is 6. The molecule has 0 saturated carbocycles. The molecule has 4 fully saturated rings. The number of para-hydroxylation sites is 2. The van der Waals surface area contributed by atoms with Crippen molar-refractivity contribution in [2.45, 2.75) is 38.0 Å². The van der Waals surface area contributed by atoms with Crippen molar-refractivity contribution in [3.8, 4) is 5.95 Å². The molecule has 0 radical (unpaired) electrons. The summed E-state index contributed by atoms with van der Waals surface area (Å²) in [4.78, 5) is 27.8. The maximum Gasteiger partial charge on any atom is 0.239 e. The van der Waals surface area contributed by atoms with Gasteiger partial charge < -0.3 is 18.9 Å². The molecule has 198 valence electrons.